The fourth-order valence-electron chi connectivity index (χ4n) is 2.02. The first-order valence-electron chi connectivity index (χ1n) is 5.82. The van der Waals surface area contributed by atoms with Gasteiger partial charge in [-0.3, -0.25) is 0 Å². The number of esters is 1. The first kappa shape index (κ1) is 12.3. The van der Waals surface area contributed by atoms with E-state index in [4.69, 9.17) is 10.5 Å². The van der Waals surface area contributed by atoms with E-state index >= 15 is 0 Å². The third kappa shape index (κ3) is 1.88. The van der Waals surface area contributed by atoms with Crippen molar-refractivity contribution in [3.05, 3.63) is 23.9 Å². The van der Waals surface area contributed by atoms with Gasteiger partial charge in [-0.1, -0.05) is 0 Å². The average Bonchev–Trinajstić information content (AvgIpc) is 2.65. The van der Waals surface area contributed by atoms with E-state index in [1.54, 1.807) is 13.0 Å². The summed E-state index contributed by atoms with van der Waals surface area (Å²) in [6, 6.07) is 5.57. The number of aromatic nitrogens is 1. The van der Waals surface area contributed by atoms with Gasteiger partial charge in [0.15, 0.2) is 0 Å². The van der Waals surface area contributed by atoms with E-state index in [9.17, 15) is 4.79 Å². The molecule has 1 aromatic heterocycles. The van der Waals surface area contributed by atoms with Crippen molar-refractivity contribution in [2.45, 2.75) is 6.92 Å². The molecule has 5 heteroatoms. The Balaban J connectivity index is 2.59. The third-order valence-electron chi connectivity index (χ3n) is 2.97. The van der Waals surface area contributed by atoms with Gasteiger partial charge in [0.25, 0.3) is 0 Å². The van der Waals surface area contributed by atoms with Crippen molar-refractivity contribution in [3.8, 4) is 0 Å². The first-order chi connectivity index (χ1) is 8.58. The molecule has 0 aliphatic carbocycles. The highest BCUT2D eigenvalue weighted by atomic mass is 16.5. The standard InChI is InChI=1S/C13H17N3O2/c1-4-18-13(17)12-6-8-5-9(14)10(15-2)7-11(8)16(12)3/h5-7,15H,4,14H2,1-3H3. The van der Waals surface area contributed by atoms with E-state index < -0.39 is 0 Å². The Kier molecular flexibility index (Phi) is 3.14. The van der Waals surface area contributed by atoms with Gasteiger partial charge in [0.2, 0.25) is 0 Å². The van der Waals surface area contributed by atoms with Crippen LogP contribution in [-0.4, -0.2) is 24.2 Å². The predicted molar refractivity (Wildman–Crippen MR) is 72.8 cm³/mol. The lowest BCUT2D eigenvalue weighted by Gasteiger charge is -2.07. The van der Waals surface area contributed by atoms with Gasteiger partial charge in [-0.2, -0.15) is 0 Å². The number of carbonyl (C=O) groups excluding carboxylic acids is 1. The van der Waals surface area contributed by atoms with Crippen LogP contribution < -0.4 is 11.1 Å². The molecule has 0 saturated heterocycles. The lowest BCUT2D eigenvalue weighted by Crippen LogP contribution is -2.09. The van der Waals surface area contributed by atoms with Crippen LogP contribution in [-0.2, 0) is 11.8 Å². The normalized spacial score (nSPS) is 10.6. The van der Waals surface area contributed by atoms with E-state index in [1.807, 2.05) is 30.8 Å². The quantitative estimate of drug-likeness (QED) is 0.642. The van der Waals surface area contributed by atoms with E-state index in [2.05, 4.69) is 5.32 Å². The van der Waals surface area contributed by atoms with Crippen LogP contribution in [0.15, 0.2) is 18.2 Å². The van der Waals surface area contributed by atoms with E-state index in [0.717, 1.165) is 16.6 Å². The van der Waals surface area contributed by atoms with Crippen LogP contribution in [0.3, 0.4) is 0 Å². The molecule has 5 nitrogen and oxygen atoms in total. The zero-order valence-corrected chi connectivity index (χ0v) is 10.8. The van der Waals surface area contributed by atoms with E-state index in [0.29, 0.717) is 18.0 Å². The summed E-state index contributed by atoms with van der Waals surface area (Å²) in [5.74, 6) is -0.319. The minimum absolute atomic E-state index is 0.319. The van der Waals surface area contributed by atoms with Crippen LogP contribution in [0, 0.1) is 0 Å². The number of fused-ring (bicyclic) bond motifs is 1. The van der Waals surface area contributed by atoms with Crippen molar-refractivity contribution in [1.82, 2.24) is 4.57 Å². The molecule has 1 heterocycles. The number of nitrogens with one attached hydrogen (secondary N) is 1. The smallest absolute Gasteiger partial charge is 0.354 e. The molecule has 18 heavy (non-hydrogen) atoms. The Bertz CT molecular complexity index is 602. The summed E-state index contributed by atoms with van der Waals surface area (Å²) in [4.78, 5) is 11.8. The van der Waals surface area contributed by atoms with Crippen molar-refractivity contribution in [2.24, 2.45) is 7.05 Å². The maximum Gasteiger partial charge on any atom is 0.354 e. The molecule has 0 spiro atoms. The number of ether oxygens (including phenoxy) is 1. The van der Waals surface area contributed by atoms with Gasteiger partial charge in [-0.05, 0) is 25.1 Å². The largest absolute Gasteiger partial charge is 0.461 e. The number of carbonyl (C=O) groups is 1. The maximum absolute atomic E-state index is 11.8. The van der Waals surface area contributed by atoms with Crippen molar-refractivity contribution in [1.29, 1.82) is 0 Å². The number of rotatable bonds is 3. The third-order valence-corrected chi connectivity index (χ3v) is 2.97. The Morgan fingerprint density at radius 2 is 2.17 bits per heavy atom. The summed E-state index contributed by atoms with van der Waals surface area (Å²) in [6.07, 6.45) is 0. The van der Waals surface area contributed by atoms with Gasteiger partial charge in [-0.25, -0.2) is 4.79 Å². The molecule has 96 valence electrons. The number of nitrogen functional groups attached to an aromatic ring is 1. The first-order valence-corrected chi connectivity index (χ1v) is 5.82. The number of hydrogen-bond acceptors (Lipinski definition) is 4. The summed E-state index contributed by atoms with van der Waals surface area (Å²) in [5, 5.41) is 3.95. The summed E-state index contributed by atoms with van der Waals surface area (Å²) >= 11 is 0. The molecule has 0 amide bonds. The SMILES string of the molecule is CCOC(=O)c1cc2cc(N)c(NC)cc2n1C. The number of nitrogens with zero attached hydrogens (tertiary/aromatic N) is 1. The fourth-order valence-corrected chi connectivity index (χ4v) is 2.02. The minimum atomic E-state index is -0.319. The van der Waals surface area contributed by atoms with Crippen molar-refractivity contribution < 1.29 is 9.53 Å². The second-order valence-corrected chi connectivity index (χ2v) is 4.06. The van der Waals surface area contributed by atoms with Gasteiger partial charge in [0.05, 0.1) is 23.5 Å². The van der Waals surface area contributed by atoms with Gasteiger partial charge in [-0.15, -0.1) is 0 Å². The molecular formula is C13H17N3O2. The lowest BCUT2D eigenvalue weighted by molar-refractivity contribution is 0.0516. The Hall–Kier alpha value is -2.17. The molecule has 0 unspecified atom stereocenters. The highest BCUT2D eigenvalue weighted by molar-refractivity contribution is 5.98. The molecule has 0 aliphatic rings. The molecule has 0 aliphatic heterocycles. The second-order valence-electron chi connectivity index (χ2n) is 4.06. The molecule has 1 aromatic carbocycles. The van der Waals surface area contributed by atoms with Gasteiger partial charge >= 0.3 is 5.97 Å². The highest BCUT2D eigenvalue weighted by Crippen LogP contribution is 2.28. The van der Waals surface area contributed by atoms with Crippen LogP contribution in [0.1, 0.15) is 17.4 Å². The average molecular weight is 247 g/mol. The molecule has 0 bridgehead atoms. The summed E-state index contributed by atoms with van der Waals surface area (Å²) in [6.45, 7) is 2.15. The minimum Gasteiger partial charge on any atom is -0.461 e. The van der Waals surface area contributed by atoms with Crippen LogP contribution in [0.5, 0.6) is 0 Å². The predicted octanol–water partition coefficient (Wildman–Crippen LogP) is 1.98. The molecule has 0 radical (unpaired) electrons. The molecule has 0 atom stereocenters. The monoisotopic (exact) mass is 247 g/mol. The number of benzene rings is 1. The summed E-state index contributed by atoms with van der Waals surface area (Å²) < 4.78 is 6.83. The zero-order chi connectivity index (χ0) is 13.3. The molecule has 0 saturated carbocycles. The fraction of sp³-hybridized carbons (Fsp3) is 0.308. The van der Waals surface area contributed by atoms with Gasteiger partial charge < -0.3 is 20.4 Å². The van der Waals surface area contributed by atoms with Crippen LogP contribution in [0.25, 0.3) is 10.9 Å². The second kappa shape index (κ2) is 4.60. The molecule has 2 aromatic rings. The molecule has 3 N–H and O–H groups in total. The van der Waals surface area contributed by atoms with E-state index in [1.165, 1.54) is 0 Å². The highest BCUT2D eigenvalue weighted by Gasteiger charge is 2.15. The number of aryl methyl sites for hydroxylation is 1. The molecular weight excluding hydrogens is 230 g/mol. The van der Waals surface area contributed by atoms with Crippen LogP contribution in [0.4, 0.5) is 11.4 Å². The lowest BCUT2D eigenvalue weighted by atomic mass is 10.2. The van der Waals surface area contributed by atoms with Crippen molar-refractivity contribution in [3.63, 3.8) is 0 Å². The zero-order valence-electron chi connectivity index (χ0n) is 10.8. The Morgan fingerprint density at radius 1 is 1.44 bits per heavy atom. The topological polar surface area (TPSA) is 69.3 Å². The molecule has 0 fully saturated rings. The van der Waals surface area contributed by atoms with Crippen molar-refractivity contribution >= 4 is 28.2 Å². The van der Waals surface area contributed by atoms with Gasteiger partial charge in [0, 0.05) is 19.5 Å². The Labute approximate surface area is 106 Å². The number of anilines is 2. The summed E-state index contributed by atoms with van der Waals surface area (Å²) in [7, 11) is 3.65. The number of hydrogen-bond donors (Lipinski definition) is 2. The van der Waals surface area contributed by atoms with Gasteiger partial charge in [0.1, 0.15) is 5.69 Å². The summed E-state index contributed by atoms with van der Waals surface area (Å²) in [5.41, 5.74) is 8.88. The van der Waals surface area contributed by atoms with Crippen molar-refractivity contribution in [2.75, 3.05) is 24.7 Å². The maximum atomic E-state index is 11.8. The number of nitrogens with two attached hydrogens (primary N) is 1. The van der Waals surface area contributed by atoms with E-state index in [-0.39, 0.29) is 5.97 Å². The van der Waals surface area contributed by atoms with Crippen LogP contribution in [0.2, 0.25) is 0 Å². The molecule has 2 rings (SSSR count). The Morgan fingerprint density at radius 3 is 2.78 bits per heavy atom. The van der Waals surface area contributed by atoms with Crippen LogP contribution >= 0.6 is 0 Å².